The number of alkyl halides is 3. The third kappa shape index (κ3) is 9.74. The second kappa shape index (κ2) is 14.1. The number of nitrogens with one attached hydrogen (secondary N) is 1. The first kappa shape index (κ1) is 33.4. The average molecular weight is 651 g/mol. The van der Waals surface area contributed by atoms with Crippen LogP contribution >= 0.6 is 11.3 Å². The number of hydrogen-bond acceptors (Lipinski definition) is 9. The minimum absolute atomic E-state index is 0.118. The van der Waals surface area contributed by atoms with Gasteiger partial charge < -0.3 is 23.8 Å². The van der Waals surface area contributed by atoms with Crippen LogP contribution in [0.2, 0.25) is 0 Å². The fourth-order valence-electron chi connectivity index (χ4n) is 3.85. The average Bonchev–Trinajstić information content (AvgIpc) is 3.40. The summed E-state index contributed by atoms with van der Waals surface area (Å²) in [4.78, 5) is 35.5. The molecular formula is C30H30F4N4O6S. The molecule has 4 aromatic rings. The minimum Gasteiger partial charge on any atom is -0.453 e. The van der Waals surface area contributed by atoms with Gasteiger partial charge in [0, 0.05) is 43.9 Å². The lowest BCUT2D eigenvalue weighted by atomic mass is 10.2. The van der Waals surface area contributed by atoms with Crippen molar-refractivity contribution in [3.63, 3.8) is 0 Å². The third-order valence-electron chi connectivity index (χ3n) is 5.81. The van der Waals surface area contributed by atoms with Crippen molar-refractivity contribution in [3.05, 3.63) is 66.2 Å². The number of hydrogen-bond donors (Lipinski definition) is 1. The summed E-state index contributed by atoms with van der Waals surface area (Å²) < 4.78 is 72.6. The molecule has 3 aromatic heterocycles. The summed E-state index contributed by atoms with van der Waals surface area (Å²) in [6.07, 6.45) is -3.36. The van der Waals surface area contributed by atoms with Gasteiger partial charge in [0.2, 0.25) is 0 Å². The van der Waals surface area contributed by atoms with Crippen molar-refractivity contribution in [3.8, 4) is 22.1 Å². The zero-order chi connectivity index (χ0) is 32.8. The Morgan fingerprint density at radius 2 is 1.80 bits per heavy atom. The molecule has 0 radical (unpaired) electrons. The highest BCUT2D eigenvalue weighted by atomic mass is 32.1. The van der Waals surface area contributed by atoms with E-state index in [1.54, 1.807) is 45.0 Å². The van der Waals surface area contributed by atoms with Gasteiger partial charge in [-0.15, -0.1) is 11.3 Å². The molecule has 0 bridgehead atoms. The number of nitrogens with zero attached hydrogens (tertiary/aromatic N) is 3. The van der Waals surface area contributed by atoms with E-state index in [4.69, 9.17) is 14.2 Å². The van der Waals surface area contributed by atoms with Gasteiger partial charge in [0.25, 0.3) is 0 Å². The molecule has 45 heavy (non-hydrogen) atoms. The lowest BCUT2D eigenvalue weighted by Crippen LogP contribution is -2.38. The number of rotatable bonds is 10. The Balaban J connectivity index is 1.47. The van der Waals surface area contributed by atoms with Gasteiger partial charge in [0.15, 0.2) is 18.2 Å². The molecule has 0 aliphatic carbocycles. The molecule has 1 aromatic carbocycles. The van der Waals surface area contributed by atoms with Crippen LogP contribution in [0.4, 0.5) is 32.8 Å². The number of thiophene rings is 1. The van der Waals surface area contributed by atoms with Gasteiger partial charge in [-0.05, 0) is 50.6 Å². The molecule has 1 N–H and O–H groups in total. The number of ether oxygens (including phenoxy) is 4. The Kier molecular flexibility index (Phi) is 10.4. The number of methoxy groups -OCH3 is 1. The predicted octanol–water partition coefficient (Wildman–Crippen LogP) is 7.78. The standard InChI is InChI=1S/C30H30F4N4O6S/c1-29(2,3)44-28(40)38(11-12-41-4)16-18-5-7-21(36-15-18)25-14-22-26(45-25)24(9-10-35-22)43-23-8-6-19(13-20(23)31)37-27(39)42-17-30(32,33)34/h5-10,13-15H,11-12,16-17H2,1-4H3,(H,37,39). The van der Waals surface area contributed by atoms with E-state index in [1.807, 2.05) is 23.5 Å². The third-order valence-corrected chi connectivity index (χ3v) is 6.97. The highest BCUT2D eigenvalue weighted by molar-refractivity contribution is 7.22. The lowest BCUT2D eigenvalue weighted by molar-refractivity contribution is -0.159. The Morgan fingerprint density at radius 1 is 1.02 bits per heavy atom. The van der Waals surface area contributed by atoms with Gasteiger partial charge in [-0.2, -0.15) is 13.2 Å². The molecule has 4 rings (SSSR count). The number of benzene rings is 1. The maximum atomic E-state index is 14.8. The molecule has 2 amide bonds. The van der Waals surface area contributed by atoms with E-state index < -0.39 is 36.4 Å². The second-order valence-corrected chi connectivity index (χ2v) is 11.7. The molecule has 3 heterocycles. The Hall–Kier alpha value is -4.50. The lowest BCUT2D eigenvalue weighted by Gasteiger charge is -2.27. The van der Waals surface area contributed by atoms with Crippen LogP contribution in [0.1, 0.15) is 26.3 Å². The summed E-state index contributed by atoms with van der Waals surface area (Å²) in [5.41, 5.74) is 1.25. The highest BCUT2D eigenvalue weighted by Gasteiger charge is 2.29. The summed E-state index contributed by atoms with van der Waals surface area (Å²) >= 11 is 1.32. The van der Waals surface area contributed by atoms with Gasteiger partial charge in [0.1, 0.15) is 11.4 Å². The summed E-state index contributed by atoms with van der Waals surface area (Å²) in [7, 11) is 1.55. The topological polar surface area (TPSA) is 112 Å². The number of anilines is 1. The molecular weight excluding hydrogens is 620 g/mol. The Bertz CT molecular complexity index is 1640. The number of pyridine rings is 2. The molecule has 240 valence electrons. The van der Waals surface area contributed by atoms with E-state index in [9.17, 15) is 27.2 Å². The SMILES string of the molecule is COCCN(Cc1ccc(-c2cc3nccc(Oc4ccc(NC(=O)OCC(F)(F)F)cc4F)c3s2)nc1)C(=O)OC(C)(C)C. The van der Waals surface area contributed by atoms with Crippen LogP contribution < -0.4 is 10.1 Å². The zero-order valence-electron chi connectivity index (χ0n) is 24.7. The molecule has 0 spiro atoms. The fraction of sp³-hybridized carbons (Fsp3) is 0.333. The number of amides is 2. The van der Waals surface area contributed by atoms with Crippen LogP contribution in [0.3, 0.4) is 0 Å². The van der Waals surface area contributed by atoms with Crippen molar-refractivity contribution < 1.29 is 46.1 Å². The summed E-state index contributed by atoms with van der Waals surface area (Å²) in [5, 5.41) is 2.03. The smallest absolute Gasteiger partial charge is 0.422 e. The molecule has 0 unspecified atom stereocenters. The normalized spacial score (nSPS) is 11.7. The zero-order valence-corrected chi connectivity index (χ0v) is 25.6. The largest absolute Gasteiger partial charge is 0.453 e. The van der Waals surface area contributed by atoms with Gasteiger partial charge in [0.05, 0.1) is 33.9 Å². The number of carbonyl (C=O) groups excluding carboxylic acids is 2. The molecule has 0 saturated heterocycles. The Labute approximate surface area is 259 Å². The predicted molar refractivity (Wildman–Crippen MR) is 159 cm³/mol. The van der Waals surface area contributed by atoms with Gasteiger partial charge in [-0.1, -0.05) is 6.07 Å². The van der Waals surface area contributed by atoms with Crippen molar-refractivity contribution >= 4 is 39.4 Å². The van der Waals surface area contributed by atoms with E-state index in [-0.39, 0.29) is 18.0 Å². The highest BCUT2D eigenvalue weighted by Crippen LogP contribution is 2.39. The molecule has 10 nitrogen and oxygen atoms in total. The maximum absolute atomic E-state index is 14.8. The van der Waals surface area contributed by atoms with Crippen LogP contribution in [-0.2, 0) is 20.8 Å². The quantitative estimate of drug-likeness (QED) is 0.173. The van der Waals surface area contributed by atoms with Crippen molar-refractivity contribution in [2.45, 2.75) is 39.1 Å². The maximum Gasteiger partial charge on any atom is 0.422 e. The molecule has 0 aliphatic heterocycles. The monoisotopic (exact) mass is 650 g/mol. The van der Waals surface area contributed by atoms with E-state index in [1.165, 1.54) is 29.7 Å². The first-order valence-electron chi connectivity index (χ1n) is 13.5. The minimum atomic E-state index is -4.69. The first-order valence-corrected chi connectivity index (χ1v) is 14.3. The van der Waals surface area contributed by atoms with Crippen LogP contribution in [0.5, 0.6) is 11.5 Å². The van der Waals surface area contributed by atoms with E-state index in [2.05, 4.69) is 14.7 Å². The van der Waals surface area contributed by atoms with E-state index in [0.29, 0.717) is 34.8 Å². The summed E-state index contributed by atoms with van der Waals surface area (Å²) in [5.74, 6) is -0.742. The Morgan fingerprint density at radius 3 is 2.44 bits per heavy atom. The number of fused-ring (bicyclic) bond motifs is 1. The fourth-order valence-corrected chi connectivity index (χ4v) is 4.89. The van der Waals surface area contributed by atoms with Crippen LogP contribution in [0.25, 0.3) is 20.8 Å². The van der Waals surface area contributed by atoms with Crippen molar-refractivity contribution in [2.24, 2.45) is 0 Å². The summed E-state index contributed by atoms with van der Waals surface area (Å²) in [6.45, 7) is 4.57. The van der Waals surface area contributed by atoms with Crippen molar-refractivity contribution in [1.82, 2.24) is 14.9 Å². The second-order valence-electron chi connectivity index (χ2n) is 10.6. The van der Waals surface area contributed by atoms with Crippen LogP contribution in [0.15, 0.2) is 54.9 Å². The van der Waals surface area contributed by atoms with E-state index in [0.717, 1.165) is 16.5 Å². The van der Waals surface area contributed by atoms with Gasteiger partial charge in [-0.3, -0.25) is 15.3 Å². The van der Waals surface area contributed by atoms with Crippen molar-refractivity contribution in [1.29, 1.82) is 0 Å². The molecule has 15 heteroatoms. The van der Waals surface area contributed by atoms with E-state index >= 15 is 0 Å². The molecule has 0 aliphatic rings. The summed E-state index contributed by atoms with van der Waals surface area (Å²) in [6, 6.07) is 10.4. The van der Waals surface area contributed by atoms with Crippen LogP contribution in [-0.4, -0.2) is 65.7 Å². The molecule has 0 atom stereocenters. The molecule has 0 fully saturated rings. The number of aromatic nitrogens is 2. The number of carbonyl (C=O) groups is 2. The molecule has 0 saturated carbocycles. The number of halogens is 4. The first-order chi connectivity index (χ1) is 21.2. The van der Waals surface area contributed by atoms with Gasteiger partial charge >= 0.3 is 18.4 Å². The van der Waals surface area contributed by atoms with Gasteiger partial charge in [-0.25, -0.2) is 14.0 Å². The van der Waals surface area contributed by atoms with Crippen LogP contribution in [0, 0.1) is 5.82 Å². The van der Waals surface area contributed by atoms with Crippen molar-refractivity contribution in [2.75, 3.05) is 32.2 Å².